The van der Waals surface area contributed by atoms with Gasteiger partial charge < -0.3 is 15.7 Å². The molecule has 0 aromatic rings. The maximum Gasteiger partial charge on any atom is 0.325 e. The van der Waals surface area contributed by atoms with Gasteiger partial charge in [0.15, 0.2) is 0 Å². The number of amides is 2. The summed E-state index contributed by atoms with van der Waals surface area (Å²) in [6.45, 7) is 2.98. The molecule has 2 unspecified atom stereocenters. The predicted molar refractivity (Wildman–Crippen MR) is 47.1 cm³/mol. The summed E-state index contributed by atoms with van der Waals surface area (Å²) >= 11 is 0. The van der Waals surface area contributed by atoms with Crippen molar-refractivity contribution in [1.29, 1.82) is 0 Å². The maximum atomic E-state index is 10.9. The van der Waals surface area contributed by atoms with E-state index in [-0.39, 0.29) is 0 Å². The number of aliphatic carboxylic acids is 1. The van der Waals surface area contributed by atoms with Crippen molar-refractivity contribution in [2.45, 2.75) is 25.9 Å². The van der Waals surface area contributed by atoms with E-state index in [0.717, 1.165) is 0 Å². The fourth-order valence-electron chi connectivity index (χ4n) is 0.538. The van der Waals surface area contributed by atoms with Crippen LogP contribution in [0, 0.1) is 12.3 Å². The number of rotatable bonds is 3. The zero-order valence-electron chi connectivity index (χ0n) is 7.50. The SMILES string of the molecule is C#CC(C)NC(=O)NC(C)C(=O)O. The minimum Gasteiger partial charge on any atom is -0.480 e. The van der Waals surface area contributed by atoms with Crippen molar-refractivity contribution in [2.24, 2.45) is 0 Å². The largest absolute Gasteiger partial charge is 0.480 e. The number of hydrogen-bond donors (Lipinski definition) is 3. The van der Waals surface area contributed by atoms with Crippen LogP contribution in [0.5, 0.6) is 0 Å². The Balaban J connectivity index is 3.89. The molecule has 0 bridgehead atoms. The third-order valence-corrected chi connectivity index (χ3v) is 1.32. The molecule has 72 valence electrons. The first-order valence-corrected chi connectivity index (χ1v) is 3.73. The third kappa shape index (κ3) is 4.69. The second kappa shape index (κ2) is 5.04. The lowest BCUT2D eigenvalue weighted by molar-refractivity contribution is -0.138. The Morgan fingerprint density at radius 1 is 1.38 bits per heavy atom. The second-order valence-corrected chi connectivity index (χ2v) is 2.57. The molecule has 0 aliphatic rings. The molecule has 0 aliphatic heterocycles. The highest BCUT2D eigenvalue weighted by Crippen LogP contribution is 1.82. The summed E-state index contributed by atoms with van der Waals surface area (Å²) < 4.78 is 0. The zero-order valence-corrected chi connectivity index (χ0v) is 7.50. The Morgan fingerprint density at radius 2 is 1.92 bits per heavy atom. The number of nitrogens with one attached hydrogen (secondary N) is 2. The Kier molecular flexibility index (Phi) is 4.38. The predicted octanol–water partition coefficient (Wildman–Crippen LogP) is -0.220. The van der Waals surface area contributed by atoms with Crippen molar-refractivity contribution in [3.63, 3.8) is 0 Å². The van der Waals surface area contributed by atoms with Gasteiger partial charge in [0.25, 0.3) is 0 Å². The molecular formula is C8H12N2O3. The van der Waals surface area contributed by atoms with Gasteiger partial charge in [-0.05, 0) is 13.8 Å². The van der Waals surface area contributed by atoms with E-state index in [1.165, 1.54) is 6.92 Å². The fraction of sp³-hybridized carbons (Fsp3) is 0.500. The first-order chi connectivity index (χ1) is 5.97. The van der Waals surface area contributed by atoms with Crippen LogP contribution >= 0.6 is 0 Å². The monoisotopic (exact) mass is 184 g/mol. The van der Waals surface area contributed by atoms with Crippen LogP contribution < -0.4 is 10.6 Å². The van der Waals surface area contributed by atoms with Gasteiger partial charge in [-0.1, -0.05) is 5.92 Å². The molecular weight excluding hydrogens is 172 g/mol. The number of terminal acetylenes is 1. The van der Waals surface area contributed by atoms with Crippen LogP contribution in [0.15, 0.2) is 0 Å². The Bertz CT molecular complexity index is 244. The van der Waals surface area contributed by atoms with Crippen LogP contribution in [0.4, 0.5) is 4.79 Å². The molecule has 0 rings (SSSR count). The summed E-state index contributed by atoms with van der Waals surface area (Å²) in [6.07, 6.45) is 5.00. The highest BCUT2D eigenvalue weighted by atomic mass is 16.4. The van der Waals surface area contributed by atoms with Gasteiger partial charge >= 0.3 is 12.0 Å². The Hall–Kier alpha value is -1.70. The number of carbonyl (C=O) groups excluding carboxylic acids is 1. The molecule has 0 radical (unpaired) electrons. The molecule has 0 aliphatic carbocycles. The highest BCUT2D eigenvalue weighted by Gasteiger charge is 2.13. The second-order valence-electron chi connectivity index (χ2n) is 2.57. The average molecular weight is 184 g/mol. The van der Waals surface area contributed by atoms with Gasteiger partial charge in [-0.25, -0.2) is 4.79 Å². The van der Waals surface area contributed by atoms with Gasteiger partial charge in [0.05, 0.1) is 6.04 Å². The molecule has 2 atom stereocenters. The first kappa shape index (κ1) is 11.3. The minimum absolute atomic E-state index is 0.416. The number of carboxylic acid groups (broad SMARTS) is 1. The standard InChI is InChI=1S/C8H12N2O3/c1-4-5(2)9-8(13)10-6(3)7(11)12/h1,5-6H,2-3H3,(H,11,12)(H2,9,10,13). The van der Waals surface area contributed by atoms with Crippen LogP contribution in [-0.2, 0) is 4.79 Å². The molecule has 2 amide bonds. The van der Waals surface area contributed by atoms with Crippen LogP contribution in [0.25, 0.3) is 0 Å². The highest BCUT2D eigenvalue weighted by molar-refractivity contribution is 5.82. The van der Waals surface area contributed by atoms with Crippen LogP contribution in [-0.4, -0.2) is 29.2 Å². The molecule has 5 nitrogen and oxygen atoms in total. The lowest BCUT2D eigenvalue weighted by Gasteiger charge is -2.11. The van der Waals surface area contributed by atoms with E-state index >= 15 is 0 Å². The smallest absolute Gasteiger partial charge is 0.325 e. The molecule has 0 spiro atoms. The van der Waals surface area contributed by atoms with Gasteiger partial charge in [0.2, 0.25) is 0 Å². The van der Waals surface area contributed by atoms with E-state index in [0.29, 0.717) is 0 Å². The average Bonchev–Trinajstić information content (AvgIpc) is 2.03. The van der Waals surface area contributed by atoms with Crippen LogP contribution in [0.2, 0.25) is 0 Å². The molecule has 0 heterocycles. The van der Waals surface area contributed by atoms with E-state index in [4.69, 9.17) is 11.5 Å². The van der Waals surface area contributed by atoms with E-state index in [1.807, 2.05) is 0 Å². The molecule has 13 heavy (non-hydrogen) atoms. The van der Waals surface area contributed by atoms with Crippen molar-refractivity contribution in [3.05, 3.63) is 0 Å². The first-order valence-electron chi connectivity index (χ1n) is 3.73. The molecule has 3 N–H and O–H groups in total. The third-order valence-electron chi connectivity index (χ3n) is 1.32. The van der Waals surface area contributed by atoms with Crippen molar-refractivity contribution in [1.82, 2.24) is 10.6 Å². The quantitative estimate of drug-likeness (QED) is 0.530. The van der Waals surface area contributed by atoms with Gasteiger partial charge in [-0.15, -0.1) is 6.42 Å². The molecule has 0 aromatic carbocycles. The van der Waals surface area contributed by atoms with E-state index in [2.05, 4.69) is 16.6 Å². The normalized spacial score (nSPS) is 13.6. The summed E-state index contributed by atoms with van der Waals surface area (Å²) in [4.78, 5) is 21.3. The summed E-state index contributed by atoms with van der Waals surface area (Å²) in [5.41, 5.74) is 0. The van der Waals surface area contributed by atoms with Crippen LogP contribution in [0.3, 0.4) is 0 Å². The van der Waals surface area contributed by atoms with Gasteiger partial charge in [-0.2, -0.15) is 0 Å². The summed E-state index contributed by atoms with van der Waals surface area (Å²) in [5.74, 6) is 1.18. The van der Waals surface area contributed by atoms with Crippen molar-refractivity contribution in [2.75, 3.05) is 0 Å². The molecule has 0 fully saturated rings. The molecule has 0 saturated carbocycles. The topological polar surface area (TPSA) is 78.4 Å². The Morgan fingerprint density at radius 3 is 2.31 bits per heavy atom. The molecule has 0 saturated heterocycles. The summed E-state index contributed by atoms with van der Waals surface area (Å²) in [7, 11) is 0. The zero-order chi connectivity index (χ0) is 10.4. The van der Waals surface area contributed by atoms with E-state index in [1.54, 1.807) is 6.92 Å². The number of carbonyl (C=O) groups is 2. The van der Waals surface area contributed by atoms with Gasteiger partial charge in [-0.3, -0.25) is 4.79 Å². The minimum atomic E-state index is -1.09. The van der Waals surface area contributed by atoms with Gasteiger partial charge in [0.1, 0.15) is 6.04 Å². The van der Waals surface area contributed by atoms with Crippen molar-refractivity contribution in [3.8, 4) is 12.3 Å². The van der Waals surface area contributed by atoms with E-state index < -0.39 is 24.1 Å². The molecule has 5 heteroatoms. The lowest BCUT2D eigenvalue weighted by atomic mass is 10.3. The van der Waals surface area contributed by atoms with Crippen molar-refractivity contribution < 1.29 is 14.7 Å². The van der Waals surface area contributed by atoms with E-state index in [9.17, 15) is 9.59 Å². The number of urea groups is 1. The summed E-state index contributed by atoms with van der Waals surface area (Å²) in [6, 6.07) is -1.92. The molecule has 0 aromatic heterocycles. The number of carboxylic acids is 1. The van der Waals surface area contributed by atoms with Gasteiger partial charge in [0, 0.05) is 0 Å². The fourth-order valence-corrected chi connectivity index (χ4v) is 0.538. The summed E-state index contributed by atoms with van der Waals surface area (Å²) in [5, 5.41) is 13.0. The number of hydrogen-bond acceptors (Lipinski definition) is 2. The van der Waals surface area contributed by atoms with Crippen molar-refractivity contribution >= 4 is 12.0 Å². The Labute approximate surface area is 76.5 Å². The maximum absolute atomic E-state index is 10.9. The lowest BCUT2D eigenvalue weighted by Crippen LogP contribution is -2.46. The van der Waals surface area contributed by atoms with Crippen LogP contribution in [0.1, 0.15) is 13.8 Å².